The molecule has 1 heterocycles. The Balaban J connectivity index is 2.56. The molecule has 0 saturated carbocycles. The maximum absolute atomic E-state index is 13.9. The zero-order valence-electron chi connectivity index (χ0n) is 9.60. The van der Waals surface area contributed by atoms with Gasteiger partial charge < -0.3 is 9.67 Å². The number of halogens is 2. The molecule has 4 nitrogen and oxygen atoms in total. The second-order valence-corrected chi connectivity index (χ2v) is 4.27. The van der Waals surface area contributed by atoms with E-state index in [0.29, 0.717) is 5.56 Å². The number of nitriles is 1. The number of rotatable bonds is 3. The molecule has 0 bridgehead atoms. The number of aliphatic carboxylic acids is 1. The first-order valence-electron chi connectivity index (χ1n) is 5.29. The van der Waals surface area contributed by atoms with Gasteiger partial charge in [0.1, 0.15) is 18.4 Å². The molecule has 0 fully saturated rings. The Labute approximate surface area is 113 Å². The van der Waals surface area contributed by atoms with E-state index in [9.17, 15) is 9.18 Å². The lowest BCUT2D eigenvalue weighted by Crippen LogP contribution is -2.06. The quantitative estimate of drug-likeness (QED) is 0.939. The van der Waals surface area contributed by atoms with Crippen LogP contribution in [0, 0.1) is 17.1 Å². The first-order valence-corrected chi connectivity index (χ1v) is 5.66. The summed E-state index contributed by atoms with van der Waals surface area (Å²) in [5.74, 6) is -1.67. The van der Waals surface area contributed by atoms with E-state index in [1.54, 1.807) is 6.07 Å². The Morgan fingerprint density at radius 3 is 2.79 bits per heavy atom. The maximum Gasteiger partial charge on any atom is 0.323 e. The molecule has 0 spiro atoms. The van der Waals surface area contributed by atoms with Crippen molar-refractivity contribution in [3.63, 3.8) is 0 Å². The summed E-state index contributed by atoms with van der Waals surface area (Å²) in [5, 5.41) is 17.7. The Morgan fingerprint density at radius 1 is 1.42 bits per heavy atom. The summed E-state index contributed by atoms with van der Waals surface area (Å²) in [7, 11) is 0. The molecule has 1 aromatic heterocycles. The zero-order valence-corrected chi connectivity index (χ0v) is 10.4. The fraction of sp³-hybridized carbons (Fsp3) is 0.0769. The van der Waals surface area contributed by atoms with Crippen molar-refractivity contribution in [3.05, 3.63) is 47.0 Å². The van der Waals surface area contributed by atoms with E-state index < -0.39 is 11.8 Å². The van der Waals surface area contributed by atoms with Crippen LogP contribution in [0.1, 0.15) is 5.56 Å². The number of carboxylic acids is 1. The molecule has 0 unspecified atom stereocenters. The summed E-state index contributed by atoms with van der Waals surface area (Å²) in [6.45, 7) is -0.295. The zero-order chi connectivity index (χ0) is 14.0. The molecule has 1 aromatic carbocycles. The highest BCUT2D eigenvalue weighted by Crippen LogP contribution is 2.30. The van der Waals surface area contributed by atoms with Crippen LogP contribution in [0.2, 0.25) is 5.02 Å². The molecule has 0 aliphatic heterocycles. The van der Waals surface area contributed by atoms with Gasteiger partial charge in [0.2, 0.25) is 0 Å². The van der Waals surface area contributed by atoms with Crippen molar-refractivity contribution in [2.24, 2.45) is 0 Å². The smallest absolute Gasteiger partial charge is 0.323 e. The number of hydrogen-bond acceptors (Lipinski definition) is 2. The Hall–Kier alpha value is -2.32. The lowest BCUT2D eigenvalue weighted by atomic mass is 10.1. The van der Waals surface area contributed by atoms with Gasteiger partial charge in [-0.3, -0.25) is 4.79 Å². The molecular formula is C13H8ClFN2O2. The molecule has 96 valence electrons. The first-order chi connectivity index (χ1) is 9.02. The summed E-state index contributed by atoms with van der Waals surface area (Å²) in [4.78, 5) is 10.6. The van der Waals surface area contributed by atoms with E-state index in [1.807, 2.05) is 6.07 Å². The molecule has 0 amide bonds. The molecule has 0 aliphatic rings. The SMILES string of the molecule is N#Cc1cn(CC(=O)O)cc1-c1cccc(Cl)c1F. The number of nitrogens with zero attached hydrogens (tertiary/aromatic N) is 2. The van der Waals surface area contributed by atoms with E-state index in [-0.39, 0.29) is 22.7 Å². The van der Waals surface area contributed by atoms with Crippen LogP contribution in [-0.2, 0) is 11.3 Å². The third-order valence-electron chi connectivity index (χ3n) is 2.56. The van der Waals surface area contributed by atoms with E-state index in [1.165, 1.54) is 29.1 Å². The second-order valence-electron chi connectivity index (χ2n) is 3.86. The Kier molecular flexibility index (Phi) is 3.54. The minimum atomic E-state index is -1.04. The molecule has 2 rings (SSSR count). The van der Waals surface area contributed by atoms with Crippen LogP contribution in [0.5, 0.6) is 0 Å². The van der Waals surface area contributed by atoms with Crippen LogP contribution < -0.4 is 0 Å². The molecule has 2 aromatic rings. The Bertz CT molecular complexity index is 688. The minimum absolute atomic E-state index is 0.0487. The molecule has 0 atom stereocenters. The van der Waals surface area contributed by atoms with Crippen molar-refractivity contribution in [2.75, 3.05) is 0 Å². The highest BCUT2D eigenvalue weighted by molar-refractivity contribution is 6.31. The highest BCUT2D eigenvalue weighted by atomic mass is 35.5. The fourth-order valence-corrected chi connectivity index (χ4v) is 1.95. The van der Waals surface area contributed by atoms with Gasteiger partial charge in [-0.2, -0.15) is 5.26 Å². The van der Waals surface area contributed by atoms with Gasteiger partial charge in [-0.1, -0.05) is 23.7 Å². The molecular weight excluding hydrogens is 271 g/mol. The molecule has 0 aliphatic carbocycles. The third kappa shape index (κ3) is 2.59. The number of aromatic nitrogens is 1. The lowest BCUT2D eigenvalue weighted by Gasteiger charge is -2.02. The molecule has 19 heavy (non-hydrogen) atoms. The van der Waals surface area contributed by atoms with Crippen molar-refractivity contribution in [1.29, 1.82) is 5.26 Å². The van der Waals surface area contributed by atoms with Gasteiger partial charge in [0.15, 0.2) is 0 Å². The van der Waals surface area contributed by atoms with Crippen molar-refractivity contribution in [3.8, 4) is 17.2 Å². The average molecular weight is 279 g/mol. The fourth-order valence-electron chi connectivity index (χ4n) is 1.77. The summed E-state index contributed by atoms with van der Waals surface area (Å²) in [6, 6.07) is 6.37. The van der Waals surface area contributed by atoms with Crippen LogP contribution in [0.15, 0.2) is 30.6 Å². The van der Waals surface area contributed by atoms with Crippen molar-refractivity contribution < 1.29 is 14.3 Å². The van der Waals surface area contributed by atoms with Crippen molar-refractivity contribution >= 4 is 17.6 Å². The maximum atomic E-state index is 13.9. The van der Waals surface area contributed by atoms with Crippen LogP contribution in [0.3, 0.4) is 0 Å². The van der Waals surface area contributed by atoms with E-state index in [4.69, 9.17) is 22.0 Å². The number of hydrogen-bond donors (Lipinski definition) is 1. The van der Waals surface area contributed by atoms with Crippen LogP contribution in [0.25, 0.3) is 11.1 Å². The summed E-state index contributed by atoms with van der Waals surface area (Å²) in [5.41, 5.74) is 0.694. The summed E-state index contributed by atoms with van der Waals surface area (Å²) < 4.78 is 15.2. The molecule has 1 N–H and O–H groups in total. The summed E-state index contributed by atoms with van der Waals surface area (Å²) in [6.07, 6.45) is 2.78. The van der Waals surface area contributed by atoms with Crippen molar-refractivity contribution in [1.82, 2.24) is 4.57 Å². The van der Waals surface area contributed by atoms with Crippen LogP contribution in [0.4, 0.5) is 4.39 Å². The first kappa shape index (κ1) is 13.1. The van der Waals surface area contributed by atoms with Gasteiger partial charge >= 0.3 is 5.97 Å². The van der Waals surface area contributed by atoms with Gasteiger partial charge in [0, 0.05) is 23.5 Å². The Morgan fingerprint density at radius 2 is 2.16 bits per heavy atom. The average Bonchev–Trinajstić information content (AvgIpc) is 2.74. The molecule has 0 saturated heterocycles. The van der Waals surface area contributed by atoms with Crippen molar-refractivity contribution in [2.45, 2.75) is 6.54 Å². The van der Waals surface area contributed by atoms with E-state index >= 15 is 0 Å². The summed E-state index contributed by atoms with van der Waals surface area (Å²) >= 11 is 5.69. The van der Waals surface area contributed by atoms with E-state index in [0.717, 1.165) is 0 Å². The normalized spacial score (nSPS) is 10.2. The second kappa shape index (κ2) is 5.12. The number of benzene rings is 1. The van der Waals surface area contributed by atoms with Gasteiger partial charge in [0.05, 0.1) is 10.6 Å². The van der Waals surface area contributed by atoms with Crippen LogP contribution >= 0.6 is 11.6 Å². The van der Waals surface area contributed by atoms with Gasteiger partial charge in [-0.25, -0.2) is 4.39 Å². The van der Waals surface area contributed by atoms with E-state index in [2.05, 4.69) is 0 Å². The standard InChI is InChI=1S/C13H8ClFN2O2/c14-11-3-1-2-9(13(11)15)10-6-17(7-12(18)19)5-8(10)4-16/h1-3,5-6H,7H2,(H,18,19). The number of carbonyl (C=O) groups is 1. The third-order valence-corrected chi connectivity index (χ3v) is 2.85. The molecule has 6 heteroatoms. The molecule has 0 radical (unpaired) electrons. The highest BCUT2D eigenvalue weighted by Gasteiger charge is 2.15. The lowest BCUT2D eigenvalue weighted by molar-refractivity contribution is -0.137. The van der Waals surface area contributed by atoms with Gasteiger partial charge in [-0.15, -0.1) is 0 Å². The predicted molar refractivity (Wildman–Crippen MR) is 67.2 cm³/mol. The van der Waals surface area contributed by atoms with Gasteiger partial charge in [-0.05, 0) is 6.07 Å². The van der Waals surface area contributed by atoms with Gasteiger partial charge in [0.25, 0.3) is 0 Å². The largest absolute Gasteiger partial charge is 0.480 e. The topological polar surface area (TPSA) is 66.0 Å². The number of carboxylic acid groups (broad SMARTS) is 1. The minimum Gasteiger partial charge on any atom is -0.480 e. The monoisotopic (exact) mass is 278 g/mol. The predicted octanol–water partition coefficient (Wildman–Crippen LogP) is 2.90. The van der Waals surface area contributed by atoms with Crippen LogP contribution in [-0.4, -0.2) is 15.6 Å².